The molecule has 0 saturated carbocycles. The number of hydrogen-bond acceptors (Lipinski definition) is 3. The van der Waals surface area contributed by atoms with E-state index in [0.29, 0.717) is 12.6 Å². The van der Waals surface area contributed by atoms with Crippen LogP contribution in [-0.4, -0.2) is 56.7 Å². The van der Waals surface area contributed by atoms with Gasteiger partial charge in [0.25, 0.3) is 0 Å². The predicted octanol–water partition coefficient (Wildman–Crippen LogP) is 1.01. The highest BCUT2D eigenvalue weighted by Crippen LogP contribution is 2.49. The van der Waals surface area contributed by atoms with Crippen LogP contribution in [-0.2, 0) is 13.6 Å². The minimum absolute atomic E-state index is 0.315. The van der Waals surface area contributed by atoms with Crippen LogP contribution in [0, 0.1) is 0 Å². The molecular formula is C8H18N3O3P. The van der Waals surface area contributed by atoms with Crippen molar-refractivity contribution in [2.24, 2.45) is 4.76 Å². The summed E-state index contributed by atoms with van der Waals surface area (Å²) in [6.07, 6.45) is 0. The highest BCUT2D eigenvalue weighted by Gasteiger charge is 2.28. The molecule has 0 aliphatic carbocycles. The van der Waals surface area contributed by atoms with Gasteiger partial charge in [-0.15, -0.1) is 4.76 Å². The summed E-state index contributed by atoms with van der Waals surface area (Å²) in [5.74, 6) is 0.647. The molecule has 0 amide bonds. The van der Waals surface area contributed by atoms with Crippen LogP contribution in [0.5, 0.6) is 0 Å². The van der Waals surface area contributed by atoms with E-state index in [2.05, 4.69) is 4.76 Å². The highest BCUT2D eigenvalue weighted by atomic mass is 31.2. The van der Waals surface area contributed by atoms with Crippen molar-refractivity contribution in [1.82, 2.24) is 9.80 Å². The zero-order valence-electron chi connectivity index (χ0n) is 9.63. The lowest BCUT2D eigenvalue weighted by Gasteiger charge is -2.18. The molecule has 0 aromatic heterocycles. The Morgan fingerprint density at radius 2 is 1.93 bits per heavy atom. The van der Waals surface area contributed by atoms with Gasteiger partial charge >= 0.3 is 7.75 Å². The van der Waals surface area contributed by atoms with E-state index in [4.69, 9.17) is 9.05 Å². The summed E-state index contributed by atoms with van der Waals surface area (Å²) in [5.41, 5.74) is 0. The Kier molecular flexibility index (Phi) is 4.13. The fourth-order valence-corrected chi connectivity index (χ4v) is 2.43. The van der Waals surface area contributed by atoms with Crippen molar-refractivity contribution in [3.63, 3.8) is 0 Å². The minimum atomic E-state index is -3.32. The van der Waals surface area contributed by atoms with E-state index in [-0.39, 0.29) is 0 Å². The summed E-state index contributed by atoms with van der Waals surface area (Å²) in [4.78, 5) is 3.84. The largest absolute Gasteiger partial charge is 0.456 e. The minimum Gasteiger partial charge on any atom is -0.344 e. The Bertz CT molecular complexity index is 283. The summed E-state index contributed by atoms with van der Waals surface area (Å²) in [5, 5.41) is 0. The van der Waals surface area contributed by atoms with Crippen molar-refractivity contribution < 1.29 is 13.6 Å². The van der Waals surface area contributed by atoms with Crippen LogP contribution < -0.4 is 0 Å². The maximum absolute atomic E-state index is 11.9. The second-order valence-corrected chi connectivity index (χ2v) is 5.07. The molecule has 1 aliphatic heterocycles. The quantitative estimate of drug-likeness (QED) is 0.681. The Balaban J connectivity index is 2.87. The van der Waals surface area contributed by atoms with Crippen LogP contribution in [0.1, 0.15) is 6.92 Å². The van der Waals surface area contributed by atoms with Crippen molar-refractivity contribution in [1.29, 1.82) is 0 Å². The van der Waals surface area contributed by atoms with Gasteiger partial charge in [-0.2, -0.15) is 0 Å². The zero-order chi connectivity index (χ0) is 11.5. The normalized spacial score (nSPS) is 20.7. The average Bonchev–Trinajstić information content (AvgIpc) is 2.50. The predicted molar refractivity (Wildman–Crippen MR) is 58.9 cm³/mol. The Hall–Kier alpha value is -0.580. The molecule has 1 saturated heterocycles. The van der Waals surface area contributed by atoms with Crippen LogP contribution in [0.3, 0.4) is 0 Å². The number of rotatable bonds is 4. The molecule has 1 fully saturated rings. The molecule has 0 aromatic carbocycles. The smallest absolute Gasteiger partial charge is 0.344 e. The van der Waals surface area contributed by atoms with E-state index < -0.39 is 7.75 Å². The Labute approximate surface area is 90.4 Å². The summed E-state index contributed by atoms with van der Waals surface area (Å²) in [6.45, 7) is 3.81. The third kappa shape index (κ3) is 2.93. The number of guanidine groups is 1. The molecule has 0 aromatic rings. The fraction of sp³-hybridized carbons (Fsp3) is 0.875. The number of nitrogens with zero attached hydrogens (tertiary/aromatic N) is 3. The molecule has 0 radical (unpaired) electrons. The molecule has 88 valence electrons. The van der Waals surface area contributed by atoms with E-state index >= 15 is 0 Å². The van der Waals surface area contributed by atoms with Gasteiger partial charge in [0.05, 0.1) is 6.61 Å². The Morgan fingerprint density at radius 3 is 2.33 bits per heavy atom. The van der Waals surface area contributed by atoms with Gasteiger partial charge in [0, 0.05) is 34.3 Å². The molecule has 6 nitrogen and oxygen atoms in total. The van der Waals surface area contributed by atoms with Crippen molar-refractivity contribution in [2.75, 3.05) is 40.9 Å². The summed E-state index contributed by atoms with van der Waals surface area (Å²) < 4.78 is 25.9. The third-order valence-electron chi connectivity index (χ3n) is 2.19. The lowest BCUT2D eigenvalue weighted by molar-refractivity contribution is 0.245. The van der Waals surface area contributed by atoms with Crippen LogP contribution in [0.25, 0.3) is 0 Å². The molecule has 1 aliphatic rings. The SMILES string of the molecule is CCOP(=O)(N=C1N(C)CCN1C)OC. The van der Waals surface area contributed by atoms with Crippen molar-refractivity contribution in [2.45, 2.75) is 6.92 Å². The maximum atomic E-state index is 11.9. The van der Waals surface area contributed by atoms with Gasteiger partial charge in [-0.05, 0) is 6.92 Å². The van der Waals surface area contributed by atoms with Gasteiger partial charge in [-0.3, -0.25) is 9.05 Å². The van der Waals surface area contributed by atoms with Crippen LogP contribution >= 0.6 is 7.75 Å². The first kappa shape index (κ1) is 12.5. The number of likely N-dealkylation sites (N-methyl/N-ethyl adjacent to an activating group) is 2. The monoisotopic (exact) mass is 235 g/mol. The fourth-order valence-electron chi connectivity index (χ4n) is 1.34. The zero-order valence-corrected chi connectivity index (χ0v) is 10.5. The molecule has 1 heterocycles. The molecule has 7 heteroatoms. The summed E-state index contributed by atoms with van der Waals surface area (Å²) >= 11 is 0. The van der Waals surface area contributed by atoms with Crippen LogP contribution in [0.2, 0.25) is 0 Å². The molecule has 0 bridgehead atoms. The van der Waals surface area contributed by atoms with E-state index in [0.717, 1.165) is 13.1 Å². The topological polar surface area (TPSA) is 54.4 Å². The van der Waals surface area contributed by atoms with E-state index in [1.807, 2.05) is 23.9 Å². The van der Waals surface area contributed by atoms with Crippen LogP contribution in [0.15, 0.2) is 4.76 Å². The lowest BCUT2D eigenvalue weighted by Crippen LogP contribution is -2.28. The second-order valence-electron chi connectivity index (χ2n) is 3.31. The van der Waals surface area contributed by atoms with Gasteiger partial charge in [-0.25, -0.2) is 4.57 Å². The Morgan fingerprint density at radius 1 is 1.40 bits per heavy atom. The number of hydrogen-bond donors (Lipinski definition) is 0. The van der Waals surface area contributed by atoms with Gasteiger partial charge in [0.15, 0.2) is 0 Å². The summed E-state index contributed by atoms with van der Waals surface area (Å²) in [6, 6.07) is 0. The highest BCUT2D eigenvalue weighted by molar-refractivity contribution is 7.52. The maximum Gasteiger partial charge on any atom is 0.456 e. The molecule has 0 N–H and O–H groups in total. The van der Waals surface area contributed by atoms with Crippen molar-refractivity contribution >= 4 is 13.7 Å². The summed E-state index contributed by atoms with van der Waals surface area (Å²) in [7, 11) is 1.82. The molecule has 1 atom stereocenters. The van der Waals surface area contributed by atoms with Crippen molar-refractivity contribution in [3.05, 3.63) is 0 Å². The van der Waals surface area contributed by atoms with E-state index in [1.54, 1.807) is 6.92 Å². The molecular weight excluding hydrogens is 217 g/mol. The molecule has 1 rings (SSSR count). The molecule has 15 heavy (non-hydrogen) atoms. The van der Waals surface area contributed by atoms with Gasteiger partial charge in [-0.1, -0.05) is 0 Å². The first-order valence-electron chi connectivity index (χ1n) is 4.85. The molecule has 1 unspecified atom stereocenters. The second kappa shape index (κ2) is 4.96. The van der Waals surface area contributed by atoms with Gasteiger partial charge < -0.3 is 9.80 Å². The third-order valence-corrected chi connectivity index (χ3v) is 3.66. The lowest BCUT2D eigenvalue weighted by atomic mass is 10.6. The van der Waals surface area contributed by atoms with E-state index in [9.17, 15) is 4.57 Å². The first-order chi connectivity index (χ1) is 7.02. The first-order valence-corrected chi connectivity index (χ1v) is 6.34. The standard InChI is InChI=1S/C8H18N3O3P/c1-5-14-15(12,13-4)9-8-10(2)6-7-11(8)3/h5-7H2,1-4H3. The van der Waals surface area contributed by atoms with Gasteiger partial charge in [0.1, 0.15) is 0 Å². The van der Waals surface area contributed by atoms with Gasteiger partial charge in [0.2, 0.25) is 5.96 Å². The average molecular weight is 235 g/mol. The molecule has 0 spiro atoms. The van der Waals surface area contributed by atoms with Crippen molar-refractivity contribution in [3.8, 4) is 0 Å². The van der Waals surface area contributed by atoms with Crippen LogP contribution in [0.4, 0.5) is 0 Å². The van der Waals surface area contributed by atoms with E-state index in [1.165, 1.54) is 7.11 Å².